The molecule has 4 fully saturated rings. The van der Waals surface area contributed by atoms with Crippen LogP contribution >= 0.6 is 0 Å². The molecule has 0 N–H and O–H groups in total. The lowest BCUT2D eigenvalue weighted by Gasteiger charge is -2.41. The molecule has 0 spiro atoms. The predicted octanol–water partition coefficient (Wildman–Crippen LogP) is 2.55. The highest BCUT2D eigenvalue weighted by Crippen LogP contribution is 2.63. The Morgan fingerprint density at radius 3 is 2.60 bits per heavy atom. The molecule has 4 nitrogen and oxygen atoms in total. The molecule has 4 rings (SSSR count). The first-order chi connectivity index (χ1) is 9.40. The van der Waals surface area contributed by atoms with Crippen molar-refractivity contribution >= 4 is 11.9 Å². The molecule has 0 radical (unpaired) electrons. The quantitative estimate of drug-likeness (QED) is 0.743. The van der Waals surface area contributed by atoms with Gasteiger partial charge in [0.1, 0.15) is 5.60 Å². The number of hydrogen-bond donors (Lipinski definition) is 0. The smallest absolute Gasteiger partial charge is 0.344 e. The molecule has 0 saturated heterocycles. The average molecular weight is 280 g/mol. The van der Waals surface area contributed by atoms with Crippen molar-refractivity contribution in [1.82, 2.24) is 0 Å². The molecular weight excluding hydrogens is 256 g/mol. The third-order valence-corrected chi connectivity index (χ3v) is 5.68. The second-order valence-electron chi connectivity index (χ2n) is 7.29. The van der Waals surface area contributed by atoms with Crippen LogP contribution in [0.5, 0.6) is 0 Å². The lowest BCUT2D eigenvalue weighted by Crippen LogP contribution is -2.45. The summed E-state index contributed by atoms with van der Waals surface area (Å²) in [6.45, 7) is 5.35. The highest BCUT2D eigenvalue weighted by molar-refractivity contribution is 5.77. The van der Waals surface area contributed by atoms with Gasteiger partial charge in [0.15, 0.2) is 6.61 Å². The topological polar surface area (TPSA) is 52.6 Å². The summed E-state index contributed by atoms with van der Waals surface area (Å²) < 4.78 is 10.7. The number of carbonyl (C=O) groups is 2. The Labute approximate surface area is 120 Å². The Hall–Kier alpha value is -1.06. The second-order valence-corrected chi connectivity index (χ2v) is 7.29. The van der Waals surface area contributed by atoms with Crippen molar-refractivity contribution < 1.29 is 19.1 Å². The molecule has 4 heteroatoms. The molecule has 112 valence electrons. The highest BCUT2D eigenvalue weighted by atomic mass is 16.6. The summed E-state index contributed by atoms with van der Waals surface area (Å²) in [6.07, 6.45) is 4.92. The van der Waals surface area contributed by atoms with Crippen LogP contribution in [0.1, 0.15) is 46.5 Å². The minimum Gasteiger partial charge on any atom is -0.456 e. The van der Waals surface area contributed by atoms with E-state index in [1.54, 1.807) is 13.8 Å². The third-order valence-electron chi connectivity index (χ3n) is 5.68. The van der Waals surface area contributed by atoms with E-state index in [9.17, 15) is 9.59 Å². The number of hydrogen-bond acceptors (Lipinski definition) is 4. The first kappa shape index (κ1) is 13.9. The minimum absolute atomic E-state index is 0.212. The maximum absolute atomic E-state index is 12.0. The molecule has 5 unspecified atom stereocenters. The first-order valence-electron chi connectivity index (χ1n) is 7.78. The number of esters is 2. The van der Waals surface area contributed by atoms with E-state index in [4.69, 9.17) is 9.47 Å². The van der Waals surface area contributed by atoms with Crippen molar-refractivity contribution in [2.24, 2.45) is 29.6 Å². The largest absolute Gasteiger partial charge is 0.456 e. The van der Waals surface area contributed by atoms with Crippen LogP contribution in [-0.4, -0.2) is 24.1 Å². The van der Waals surface area contributed by atoms with Crippen LogP contribution in [0.3, 0.4) is 0 Å². The van der Waals surface area contributed by atoms with Gasteiger partial charge in [-0.15, -0.1) is 0 Å². The predicted molar refractivity (Wildman–Crippen MR) is 72.7 cm³/mol. The Bertz CT molecular complexity index is 426. The molecule has 4 aliphatic carbocycles. The Kier molecular flexibility index (Phi) is 3.30. The fourth-order valence-corrected chi connectivity index (χ4v) is 4.76. The minimum atomic E-state index is -0.391. The van der Waals surface area contributed by atoms with Crippen molar-refractivity contribution in [3.63, 3.8) is 0 Å². The van der Waals surface area contributed by atoms with Gasteiger partial charge >= 0.3 is 11.9 Å². The van der Waals surface area contributed by atoms with Crippen molar-refractivity contribution in [2.75, 3.05) is 6.61 Å². The molecular formula is C16H24O4. The number of carbonyl (C=O) groups excluding carboxylic acids is 2. The molecule has 4 bridgehead atoms. The van der Waals surface area contributed by atoms with Crippen molar-refractivity contribution in [3.05, 3.63) is 0 Å². The summed E-state index contributed by atoms with van der Waals surface area (Å²) in [7, 11) is 0. The zero-order valence-electron chi connectivity index (χ0n) is 12.6. The molecule has 20 heavy (non-hydrogen) atoms. The SMILES string of the molecule is CC(C)C(=O)OCC(=O)OC1(C)C2CC3CC(C2)C1C3. The summed E-state index contributed by atoms with van der Waals surface area (Å²) in [4.78, 5) is 23.4. The van der Waals surface area contributed by atoms with Crippen molar-refractivity contribution in [3.8, 4) is 0 Å². The lowest BCUT2D eigenvalue weighted by atomic mass is 9.73. The number of ether oxygens (including phenoxy) is 2. The summed E-state index contributed by atoms with van der Waals surface area (Å²) in [5.41, 5.74) is -0.320. The van der Waals surface area contributed by atoms with Gasteiger partial charge in [0.2, 0.25) is 0 Å². The molecule has 0 heterocycles. The van der Waals surface area contributed by atoms with E-state index in [1.165, 1.54) is 25.7 Å². The molecule has 5 atom stereocenters. The zero-order chi connectivity index (χ0) is 14.5. The van der Waals surface area contributed by atoms with E-state index in [1.807, 2.05) is 0 Å². The zero-order valence-corrected chi connectivity index (χ0v) is 12.6. The molecule has 4 saturated carbocycles. The van der Waals surface area contributed by atoms with Crippen LogP contribution in [0.4, 0.5) is 0 Å². The molecule has 0 aromatic heterocycles. The second kappa shape index (κ2) is 4.74. The number of rotatable bonds is 4. The molecule has 0 amide bonds. The lowest BCUT2D eigenvalue weighted by molar-refractivity contribution is -0.179. The standard InChI is InChI=1S/C16H24O4/c1-9(2)15(18)19-8-14(17)20-16(3)12-5-10-4-11(7-12)13(16)6-10/h9-13H,4-8H2,1-3H3. The van der Waals surface area contributed by atoms with E-state index >= 15 is 0 Å². The Morgan fingerprint density at radius 1 is 1.20 bits per heavy atom. The Balaban J connectivity index is 1.58. The van der Waals surface area contributed by atoms with Crippen LogP contribution in [0.15, 0.2) is 0 Å². The van der Waals surface area contributed by atoms with E-state index in [-0.39, 0.29) is 24.1 Å². The van der Waals surface area contributed by atoms with Gasteiger partial charge in [-0.2, -0.15) is 0 Å². The van der Waals surface area contributed by atoms with E-state index in [0.29, 0.717) is 11.8 Å². The van der Waals surface area contributed by atoms with Gasteiger partial charge in [-0.05, 0) is 50.4 Å². The van der Waals surface area contributed by atoms with Crippen LogP contribution < -0.4 is 0 Å². The normalized spacial score (nSPS) is 41.2. The van der Waals surface area contributed by atoms with Gasteiger partial charge < -0.3 is 9.47 Å². The van der Waals surface area contributed by atoms with Gasteiger partial charge in [0.05, 0.1) is 5.92 Å². The van der Waals surface area contributed by atoms with Crippen LogP contribution in [-0.2, 0) is 19.1 Å². The molecule has 4 aliphatic rings. The van der Waals surface area contributed by atoms with Crippen LogP contribution in [0, 0.1) is 29.6 Å². The summed E-state index contributed by atoms with van der Waals surface area (Å²) in [5, 5.41) is 0. The van der Waals surface area contributed by atoms with Crippen molar-refractivity contribution in [2.45, 2.75) is 52.1 Å². The summed E-state index contributed by atoms with van der Waals surface area (Å²) in [6, 6.07) is 0. The van der Waals surface area contributed by atoms with E-state index < -0.39 is 5.97 Å². The fraction of sp³-hybridized carbons (Fsp3) is 0.875. The van der Waals surface area contributed by atoms with Gasteiger partial charge in [0.25, 0.3) is 0 Å². The van der Waals surface area contributed by atoms with Gasteiger partial charge in [0, 0.05) is 5.92 Å². The maximum atomic E-state index is 12.0. The molecule has 0 aromatic carbocycles. The highest BCUT2D eigenvalue weighted by Gasteiger charge is 2.62. The molecule has 0 aliphatic heterocycles. The van der Waals surface area contributed by atoms with Crippen molar-refractivity contribution in [1.29, 1.82) is 0 Å². The van der Waals surface area contributed by atoms with Crippen LogP contribution in [0.2, 0.25) is 0 Å². The fourth-order valence-electron chi connectivity index (χ4n) is 4.76. The third kappa shape index (κ3) is 2.13. The molecule has 0 aromatic rings. The summed E-state index contributed by atoms with van der Waals surface area (Å²) >= 11 is 0. The first-order valence-corrected chi connectivity index (χ1v) is 7.78. The van der Waals surface area contributed by atoms with E-state index in [0.717, 1.165) is 11.8 Å². The monoisotopic (exact) mass is 280 g/mol. The average Bonchev–Trinajstić information content (AvgIpc) is 2.77. The maximum Gasteiger partial charge on any atom is 0.344 e. The summed E-state index contributed by atoms with van der Waals surface area (Å²) in [5.74, 6) is 1.68. The van der Waals surface area contributed by atoms with Gasteiger partial charge in [-0.3, -0.25) is 4.79 Å². The Morgan fingerprint density at radius 2 is 1.95 bits per heavy atom. The van der Waals surface area contributed by atoms with E-state index in [2.05, 4.69) is 6.92 Å². The van der Waals surface area contributed by atoms with Crippen LogP contribution in [0.25, 0.3) is 0 Å². The van der Waals surface area contributed by atoms with Gasteiger partial charge in [-0.1, -0.05) is 13.8 Å². The van der Waals surface area contributed by atoms with Gasteiger partial charge in [-0.25, -0.2) is 4.79 Å².